The van der Waals surface area contributed by atoms with Crippen LogP contribution < -0.4 is 0 Å². The molecule has 0 aromatic heterocycles. The first-order valence-electron chi connectivity index (χ1n) is 5.01. The van der Waals surface area contributed by atoms with Gasteiger partial charge in [0.05, 0.1) is 6.10 Å². The highest BCUT2D eigenvalue weighted by molar-refractivity contribution is 6.83. The van der Waals surface area contributed by atoms with Gasteiger partial charge in [-0.3, -0.25) is 0 Å². The second-order valence-electron chi connectivity index (χ2n) is 4.81. The Morgan fingerprint density at radius 3 is 2.15 bits per heavy atom. The van der Waals surface area contributed by atoms with Gasteiger partial charge in [-0.1, -0.05) is 26.6 Å². The Balaban J connectivity index is 3.72. The Bertz CT molecular complexity index is 192. The number of hydrogen-bond donors (Lipinski definition) is 1. The lowest BCUT2D eigenvalue weighted by atomic mass is 10.0. The van der Waals surface area contributed by atoms with E-state index < -0.39 is 8.07 Å². The van der Waals surface area contributed by atoms with E-state index in [1.807, 2.05) is 6.92 Å². The van der Waals surface area contributed by atoms with Gasteiger partial charge in [0.25, 0.3) is 0 Å². The van der Waals surface area contributed by atoms with E-state index in [1.165, 1.54) is 0 Å². The van der Waals surface area contributed by atoms with E-state index in [-0.39, 0.29) is 6.10 Å². The standard InChI is InChI=1S/C11H22OSi/c1-10(11(2)12)8-6-7-9-13(3,4)5/h10-12H,6,8H2,1-5H3. The van der Waals surface area contributed by atoms with E-state index in [9.17, 15) is 5.11 Å². The fraction of sp³-hybridized carbons (Fsp3) is 0.818. The zero-order valence-electron chi connectivity index (χ0n) is 9.52. The molecule has 0 aliphatic carbocycles. The summed E-state index contributed by atoms with van der Waals surface area (Å²) in [6.07, 6.45) is 1.74. The normalized spacial score (nSPS) is 15.8. The molecule has 0 saturated carbocycles. The van der Waals surface area contributed by atoms with Gasteiger partial charge in [0.2, 0.25) is 0 Å². The quantitative estimate of drug-likeness (QED) is 0.546. The minimum Gasteiger partial charge on any atom is -0.393 e. The lowest BCUT2D eigenvalue weighted by Crippen LogP contribution is -2.16. The molecule has 0 aliphatic heterocycles. The molecule has 13 heavy (non-hydrogen) atoms. The Morgan fingerprint density at radius 2 is 1.77 bits per heavy atom. The summed E-state index contributed by atoms with van der Waals surface area (Å²) in [5.74, 6) is 3.58. The zero-order valence-corrected chi connectivity index (χ0v) is 10.5. The minimum atomic E-state index is -1.18. The minimum absolute atomic E-state index is 0.200. The Labute approximate surface area is 83.6 Å². The van der Waals surface area contributed by atoms with Crippen molar-refractivity contribution in [2.45, 2.75) is 52.4 Å². The van der Waals surface area contributed by atoms with Crippen molar-refractivity contribution in [1.29, 1.82) is 0 Å². The summed E-state index contributed by atoms with van der Waals surface area (Å²) in [6.45, 7) is 10.7. The third kappa shape index (κ3) is 8.08. The second kappa shape index (κ2) is 5.46. The van der Waals surface area contributed by atoms with Crippen LogP contribution in [-0.4, -0.2) is 19.3 Å². The maximum atomic E-state index is 9.24. The third-order valence-corrected chi connectivity index (χ3v) is 2.94. The average Bonchev–Trinajstić information content (AvgIpc) is 1.95. The monoisotopic (exact) mass is 198 g/mol. The van der Waals surface area contributed by atoms with Crippen LogP contribution in [0.5, 0.6) is 0 Å². The Hall–Kier alpha value is -0.263. The van der Waals surface area contributed by atoms with Gasteiger partial charge in [-0.25, -0.2) is 0 Å². The van der Waals surface area contributed by atoms with Gasteiger partial charge >= 0.3 is 0 Å². The topological polar surface area (TPSA) is 20.2 Å². The van der Waals surface area contributed by atoms with Crippen molar-refractivity contribution >= 4 is 8.07 Å². The van der Waals surface area contributed by atoms with Crippen LogP contribution in [0.3, 0.4) is 0 Å². The smallest absolute Gasteiger partial charge is 0.129 e. The van der Waals surface area contributed by atoms with Crippen molar-refractivity contribution in [1.82, 2.24) is 0 Å². The molecule has 1 nitrogen and oxygen atoms in total. The molecule has 76 valence electrons. The van der Waals surface area contributed by atoms with E-state index in [4.69, 9.17) is 0 Å². The predicted octanol–water partition coefficient (Wildman–Crippen LogP) is 2.66. The van der Waals surface area contributed by atoms with Gasteiger partial charge in [0.1, 0.15) is 8.07 Å². The van der Waals surface area contributed by atoms with E-state index in [1.54, 1.807) is 0 Å². The van der Waals surface area contributed by atoms with Crippen LogP contribution in [0.25, 0.3) is 0 Å². The van der Waals surface area contributed by atoms with Gasteiger partial charge in [0.15, 0.2) is 0 Å². The first-order chi connectivity index (χ1) is 5.83. The molecule has 0 heterocycles. The largest absolute Gasteiger partial charge is 0.393 e. The maximum absolute atomic E-state index is 9.24. The number of hydrogen-bond acceptors (Lipinski definition) is 1. The van der Waals surface area contributed by atoms with Crippen LogP contribution in [0.4, 0.5) is 0 Å². The molecule has 0 amide bonds. The zero-order chi connectivity index (χ0) is 10.5. The molecule has 0 rings (SSSR count). The van der Waals surface area contributed by atoms with Crippen molar-refractivity contribution in [3.05, 3.63) is 0 Å². The van der Waals surface area contributed by atoms with E-state index in [0.717, 1.165) is 12.8 Å². The molecule has 2 heteroatoms. The summed E-state index contributed by atoms with van der Waals surface area (Å²) in [7, 11) is -1.18. The van der Waals surface area contributed by atoms with Crippen LogP contribution >= 0.6 is 0 Å². The number of aliphatic hydroxyl groups is 1. The first-order valence-corrected chi connectivity index (χ1v) is 8.51. The van der Waals surface area contributed by atoms with Gasteiger partial charge in [0, 0.05) is 6.42 Å². The number of aliphatic hydroxyl groups excluding tert-OH is 1. The molecule has 0 spiro atoms. The second-order valence-corrected chi connectivity index (χ2v) is 9.56. The average molecular weight is 198 g/mol. The molecule has 0 aromatic carbocycles. The molecule has 2 atom stereocenters. The van der Waals surface area contributed by atoms with E-state index in [0.29, 0.717) is 5.92 Å². The van der Waals surface area contributed by atoms with E-state index in [2.05, 4.69) is 38.0 Å². The van der Waals surface area contributed by atoms with Crippen LogP contribution in [0, 0.1) is 17.4 Å². The lowest BCUT2D eigenvalue weighted by Gasteiger charge is -2.12. The third-order valence-electron chi connectivity index (χ3n) is 2.01. The highest BCUT2D eigenvalue weighted by Crippen LogP contribution is 2.09. The molecule has 0 fully saturated rings. The first kappa shape index (κ1) is 12.7. The summed E-state index contributed by atoms with van der Waals surface area (Å²) in [5, 5.41) is 9.24. The molecule has 0 aromatic rings. The summed E-state index contributed by atoms with van der Waals surface area (Å²) >= 11 is 0. The fourth-order valence-corrected chi connectivity index (χ4v) is 1.52. The van der Waals surface area contributed by atoms with Crippen molar-refractivity contribution < 1.29 is 5.11 Å². The molecule has 0 aliphatic rings. The Kier molecular flexibility index (Phi) is 5.35. The van der Waals surface area contributed by atoms with Crippen LogP contribution in [0.1, 0.15) is 26.7 Å². The molecule has 0 saturated heterocycles. The molecular formula is C11H22OSi. The van der Waals surface area contributed by atoms with Crippen molar-refractivity contribution in [2.75, 3.05) is 0 Å². The SMILES string of the molecule is CC(O)C(C)CCC#C[Si](C)(C)C. The predicted molar refractivity (Wildman–Crippen MR) is 61.2 cm³/mol. The van der Waals surface area contributed by atoms with Crippen molar-refractivity contribution in [3.63, 3.8) is 0 Å². The summed E-state index contributed by atoms with van der Waals surface area (Å²) in [5.41, 5.74) is 3.32. The number of rotatable bonds is 3. The summed E-state index contributed by atoms with van der Waals surface area (Å²) in [4.78, 5) is 0. The fourth-order valence-electron chi connectivity index (χ4n) is 0.869. The molecule has 1 N–H and O–H groups in total. The molecule has 0 bridgehead atoms. The summed E-state index contributed by atoms with van der Waals surface area (Å²) in [6, 6.07) is 0. The highest BCUT2D eigenvalue weighted by atomic mass is 28.3. The van der Waals surface area contributed by atoms with Crippen molar-refractivity contribution in [3.8, 4) is 11.5 Å². The van der Waals surface area contributed by atoms with Crippen LogP contribution in [-0.2, 0) is 0 Å². The lowest BCUT2D eigenvalue weighted by molar-refractivity contribution is 0.131. The molecule has 2 unspecified atom stereocenters. The van der Waals surface area contributed by atoms with Gasteiger partial charge < -0.3 is 5.11 Å². The van der Waals surface area contributed by atoms with Gasteiger partial charge in [-0.15, -0.1) is 11.5 Å². The van der Waals surface area contributed by atoms with Gasteiger partial charge in [-0.2, -0.15) is 0 Å². The van der Waals surface area contributed by atoms with E-state index >= 15 is 0 Å². The van der Waals surface area contributed by atoms with Crippen LogP contribution in [0.15, 0.2) is 0 Å². The van der Waals surface area contributed by atoms with Crippen LogP contribution in [0.2, 0.25) is 19.6 Å². The van der Waals surface area contributed by atoms with Gasteiger partial charge in [-0.05, 0) is 19.3 Å². The summed E-state index contributed by atoms with van der Waals surface area (Å²) < 4.78 is 0. The maximum Gasteiger partial charge on any atom is 0.129 e. The molecule has 0 radical (unpaired) electrons. The van der Waals surface area contributed by atoms with Crippen molar-refractivity contribution in [2.24, 2.45) is 5.92 Å². The highest BCUT2D eigenvalue weighted by Gasteiger charge is 2.08. The Morgan fingerprint density at radius 1 is 1.23 bits per heavy atom. The molecular weight excluding hydrogens is 176 g/mol.